The highest BCUT2D eigenvalue weighted by Crippen LogP contribution is 2.26. The topological polar surface area (TPSA) is 32.3 Å². The van der Waals surface area contributed by atoms with E-state index in [1.807, 2.05) is 36.9 Å². The van der Waals surface area contributed by atoms with Gasteiger partial charge in [0.2, 0.25) is 0 Å². The lowest BCUT2D eigenvalue weighted by Gasteiger charge is -2.28. The Labute approximate surface area is 148 Å². The minimum Gasteiger partial charge on any atom is -0.384 e. The van der Waals surface area contributed by atoms with Crippen molar-refractivity contribution in [2.75, 3.05) is 18.4 Å². The normalized spacial score (nSPS) is 13.5. The molecule has 2 aromatic rings. The van der Waals surface area contributed by atoms with E-state index < -0.39 is 0 Å². The average Bonchev–Trinajstić information content (AvgIpc) is 3.03. The minimum atomic E-state index is -0.263. The van der Waals surface area contributed by atoms with Gasteiger partial charge in [-0.2, -0.15) is 0 Å². The number of rotatable bonds is 4. The van der Waals surface area contributed by atoms with Gasteiger partial charge in [0.1, 0.15) is 5.82 Å². The smallest absolute Gasteiger partial charge is 0.254 e. The monoisotopic (exact) mass is 348 g/mol. The van der Waals surface area contributed by atoms with E-state index in [0.29, 0.717) is 12.1 Å². The van der Waals surface area contributed by atoms with Crippen LogP contribution in [0.3, 0.4) is 0 Å². The van der Waals surface area contributed by atoms with Gasteiger partial charge < -0.3 is 10.2 Å². The van der Waals surface area contributed by atoms with Crippen molar-refractivity contribution in [1.82, 2.24) is 4.90 Å². The zero-order chi connectivity index (χ0) is 16.4. The molecule has 5 heteroatoms. The molecule has 0 aliphatic carbocycles. The van der Waals surface area contributed by atoms with Crippen molar-refractivity contribution in [2.24, 2.45) is 0 Å². The lowest BCUT2D eigenvalue weighted by Crippen LogP contribution is -2.33. The SMILES string of the molecule is CCN(C(=O)c1ccc2c(c1)CCN2)C(C)c1ccc(F)cc1.Cl. The number of fused-ring (bicyclic) bond motifs is 1. The van der Waals surface area contributed by atoms with E-state index in [2.05, 4.69) is 5.32 Å². The van der Waals surface area contributed by atoms with E-state index in [9.17, 15) is 9.18 Å². The average molecular weight is 349 g/mol. The van der Waals surface area contributed by atoms with Crippen LogP contribution in [-0.2, 0) is 6.42 Å². The lowest BCUT2D eigenvalue weighted by atomic mass is 10.0. The van der Waals surface area contributed by atoms with Crippen LogP contribution in [0.25, 0.3) is 0 Å². The van der Waals surface area contributed by atoms with Crippen molar-refractivity contribution in [3.63, 3.8) is 0 Å². The second kappa shape index (κ2) is 7.67. The Morgan fingerprint density at radius 1 is 1.25 bits per heavy atom. The number of hydrogen-bond donors (Lipinski definition) is 1. The molecule has 0 saturated carbocycles. The fourth-order valence-corrected chi connectivity index (χ4v) is 3.12. The zero-order valence-corrected chi connectivity index (χ0v) is 14.7. The van der Waals surface area contributed by atoms with Crippen molar-refractivity contribution in [2.45, 2.75) is 26.3 Å². The number of benzene rings is 2. The highest BCUT2D eigenvalue weighted by atomic mass is 35.5. The predicted octanol–water partition coefficient (Wildman–Crippen LogP) is 4.44. The molecule has 1 atom stereocenters. The van der Waals surface area contributed by atoms with Gasteiger partial charge in [-0.15, -0.1) is 12.4 Å². The van der Waals surface area contributed by atoms with Gasteiger partial charge in [0.05, 0.1) is 6.04 Å². The third-order valence-electron chi connectivity index (χ3n) is 4.48. The van der Waals surface area contributed by atoms with Crippen LogP contribution in [0, 0.1) is 5.82 Å². The first-order chi connectivity index (χ1) is 11.1. The van der Waals surface area contributed by atoms with E-state index in [1.54, 1.807) is 12.1 Å². The molecule has 3 nitrogen and oxygen atoms in total. The molecule has 0 radical (unpaired) electrons. The lowest BCUT2D eigenvalue weighted by molar-refractivity contribution is 0.0702. The van der Waals surface area contributed by atoms with E-state index in [-0.39, 0.29) is 30.2 Å². The Hall–Kier alpha value is -2.07. The Morgan fingerprint density at radius 2 is 1.96 bits per heavy atom. The van der Waals surface area contributed by atoms with Gasteiger partial charge in [0, 0.05) is 24.3 Å². The molecule has 0 bridgehead atoms. The van der Waals surface area contributed by atoms with Crippen LogP contribution in [-0.4, -0.2) is 23.9 Å². The minimum absolute atomic E-state index is 0. The molecule has 1 aliphatic rings. The summed E-state index contributed by atoms with van der Waals surface area (Å²) in [6, 6.07) is 12.1. The van der Waals surface area contributed by atoms with Crippen LogP contribution in [0.15, 0.2) is 42.5 Å². The second-order valence-corrected chi connectivity index (χ2v) is 5.87. The van der Waals surface area contributed by atoms with Crippen LogP contribution in [0.4, 0.5) is 10.1 Å². The third-order valence-corrected chi connectivity index (χ3v) is 4.48. The Morgan fingerprint density at radius 3 is 2.62 bits per heavy atom. The van der Waals surface area contributed by atoms with E-state index in [4.69, 9.17) is 0 Å². The maximum Gasteiger partial charge on any atom is 0.254 e. The zero-order valence-electron chi connectivity index (χ0n) is 13.9. The third kappa shape index (κ3) is 3.54. The summed E-state index contributed by atoms with van der Waals surface area (Å²) in [6.07, 6.45) is 0.954. The maximum atomic E-state index is 13.1. The molecule has 0 saturated heterocycles. The number of carbonyl (C=O) groups is 1. The number of hydrogen-bond acceptors (Lipinski definition) is 2. The first kappa shape index (κ1) is 18.3. The summed E-state index contributed by atoms with van der Waals surface area (Å²) >= 11 is 0. The Kier molecular flexibility index (Phi) is 5.84. The summed E-state index contributed by atoms with van der Waals surface area (Å²) in [4.78, 5) is 14.7. The summed E-state index contributed by atoms with van der Waals surface area (Å²) in [6.45, 7) is 5.47. The molecular formula is C19H22ClFN2O. The van der Waals surface area contributed by atoms with E-state index in [1.165, 1.54) is 17.7 Å². The molecule has 1 unspecified atom stereocenters. The second-order valence-electron chi connectivity index (χ2n) is 5.87. The fraction of sp³-hybridized carbons (Fsp3) is 0.316. The van der Waals surface area contributed by atoms with Crippen molar-refractivity contribution < 1.29 is 9.18 Å². The molecule has 1 heterocycles. The Balaban J connectivity index is 0.00000208. The molecule has 0 aromatic heterocycles. The van der Waals surface area contributed by atoms with Crippen molar-refractivity contribution in [1.29, 1.82) is 0 Å². The molecule has 2 aromatic carbocycles. The van der Waals surface area contributed by atoms with Gasteiger partial charge in [0.15, 0.2) is 0 Å². The van der Waals surface area contributed by atoms with E-state index >= 15 is 0 Å². The summed E-state index contributed by atoms with van der Waals surface area (Å²) in [5.74, 6) is -0.250. The maximum absolute atomic E-state index is 13.1. The van der Waals surface area contributed by atoms with Gasteiger partial charge in [-0.05, 0) is 61.7 Å². The van der Waals surface area contributed by atoms with Crippen LogP contribution < -0.4 is 5.32 Å². The number of anilines is 1. The number of halogens is 2. The number of carbonyl (C=O) groups excluding carboxylic acids is 1. The predicted molar refractivity (Wildman–Crippen MR) is 97.4 cm³/mol. The van der Waals surface area contributed by atoms with Crippen LogP contribution in [0.2, 0.25) is 0 Å². The summed E-state index contributed by atoms with van der Waals surface area (Å²) in [5, 5.41) is 3.30. The van der Waals surface area contributed by atoms with Gasteiger partial charge >= 0.3 is 0 Å². The van der Waals surface area contributed by atoms with Gasteiger partial charge in [0.25, 0.3) is 5.91 Å². The molecule has 0 fully saturated rings. The number of nitrogens with one attached hydrogen (secondary N) is 1. The van der Waals surface area contributed by atoms with Crippen molar-refractivity contribution >= 4 is 24.0 Å². The molecule has 0 spiro atoms. The largest absolute Gasteiger partial charge is 0.384 e. The molecule has 128 valence electrons. The van der Waals surface area contributed by atoms with Crippen molar-refractivity contribution in [3.05, 3.63) is 65.0 Å². The molecule has 3 rings (SSSR count). The van der Waals surface area contributed by atoms with Gasteiger partial charge in [-0.1, -0.05) is 12.1 Å². The molecule has 24 heavy (non-hydrogen) atoms. The highest BCUT2D eigenvalue weighted by Gasteiger charge is 2.22. The standard InChI is InChI=1S/C19H21FN2O.ClH/c1-3-22(13(2)14-4-7-17(20)8-5-14)19(23)16-6-9-18-15(12-16)10-11-21-18;/h4-9,12-13,21H,3,10-11H2,1-2H3;1H. The summed E-state index contributed by atoms with van der Waals surface area (Å²) < 4.78 is 13.1. The van der Waals surface area contributed by atoms with Gasteiger partial charge in [-0.25, -0.2) is 4.39 Å². The van der Waals surface area contributed by atoms with Crippen LogP contribution in [0.5, 0.6) is 0 Å². The van der Waals surface area contributed by atoms with Crippen LogP contribution in [0.1, 0.15) is 41.4 Å². The molecule has 1 amide bonds. The summed E-state index contributed by atoms with van der Waals surface area (Å²) in [5.41, 5.74) is 3.96. The Bertz CT molecular complexity index is 718. The fourth-order valence-electron chi connectivity index (χ4n) is 3.12. The first-order valence-corrected chi connectivity index (χ1v) is 8.03. The first-order valence-electron chi connectivity index (χ1n) is 8.03. The van der Waals surface area contributed by atoms with E-state index in [0.717, 1.165) is 24.2 Å². The molecular weight excluding hydrogens is 327 g/mol. The van der Waals surface area contributed by atoms with Crippen molar-refractivity contribution in [3.8, 4) is 0 Å². The number of amides is 1. The summed E-state index contributed by atoms with van der Waals surface area (Å²) in [7, 11) is 0. The quantitative estimate of drug-likeness (QED) is 0.886. The molecule has 1 N–H and O–H groups in total. The highest BCUT2D eigenvalue weighted by molar-refractivity contribution is 5.95. The van der Waals surface area contributed by atoms with Gasteiger partial charge in [-0.3, -0.25) is 4.79 Å². The molecule has 1 aliphatic heterocycles. The number of nitrogens with zero attached hydrogens (tertiary/aromatic N) is 1. The van der Waals surface area contributed by atoms with Crippen LogP contribution >= 0.6 is 12.4 Å².